The third-order valence-corrected chi connectivity index (χ3v) is 0.670. The molecule has 0 aromatic rings. The maximum Gasteiger partial charge on any atom is 0.273 e. The van der Waals surface area contributed by atoms with Gasteiger partial charge in [-0.1, -0.05) is 4.85 Å². The van der Waals surface area contributed by atoms with Crippen molar-refractivity contribution < 1.29 is 0 Å². The first-order valence-electron chi connectivity index (χ1n) is 1.89. The van der Waals surface area contributed by atoms with E-state index in [4.69, 9.17) is 0 Å². The van der Waals surface area contributed by atoms with Crippen molar-refractivity contribution in [2.24, 2.45) is 0 Å². The Bertz CT molecular complexity index is 67.4. The van der Waals surface area contributed by atoms with Gasteiger partial charge in [0.15, 0.2) is 0 Å². The molecule has 1 aliphatic rings. The number of nitrogens with zero attached hydrogens (tertiary/aromatic N) is 1. The van der Waals surface area contributed by atoms with E-state index in [0.29, 0.717) is 0 Å². The Kier molecular flexibility index (Phi) is 0.582. The smallest absolute Gasteiger partial charge is 0.0837 e. The molecule has 1 heterocycles. The highest BCUT2D eigenvalue weighted by molar-refractivity contribution is 4.92. The normalized spacial score (nSPS) is 17.6. The van der Waals surface area contributed by atoms with E-state index < -0.39 is 0 Å². The molecule has 0 aliphatic carbocycles. The summed E-state index contributed by atoms with van der Waals surface area (Å²) in [6.07, 6.45) is 2.31. The predicted molar refractivity (Wildman–Crippen MR) is 21.3 cm³/mol. The molecule has 0 fully saturated rings. The first-order valence-corrected chi connectivity index (χ1v) is 1.89. The Labute approximate surface area is 31.4 Å². The van der Waals surface area contributed by atoms with Gasteiger partial charge >= 0.3 is 0 Å². The fourth-order valence-electron chi connectivity index (χ4n) is 0.395. The van der Waals surface area contributed by atoms with E-state index in [2.05, 4.69) is 10.9 Å². The van der Waals surface area contributed by atoms with Gasteiger partial charge in [0.2, 0.25) is 0 Å². The van der Waals surface area contributed by atoms with Crippen LogP contribution in [-0.2, 0) is 0 Å². The summed E-state index contributed by atoms with van der Waals surface area (Å²) in [5.41, 5.74) is 0. The summed E-state index contributed by atoms with van der Waals surface area (Å²) < 4.78 is 0. The molecule has 0 aromatic carbocycles. The third-order valence-electron chi connectivity index (χ3n) is 0.670. The van der Waals surface area contributed by atoms with Crippen LogP contribution in [0.3, 0.4) is 0 Å². The fourth-order valence-corrected chi connectivity index (χ4v) is 0.395. The monoisotopic (exact) mass is 68.0 g/mol. The van der Waals surface area contributed by atoms with Crippen LogP contribution >= 0.6 is 0 Å². The van der Waals surface area contributed by atoms with Gasteiger partial charge in [-0.05, 0) is 0 Å². The molecule has 0 spiro atoms. The predicted octanol–water partition coefficient (Wildman–Crippen LogP) is 1.11. The molecule has 0 unspecified atom stereocenters. The molecule has 1 nitrogen and oxygen atoms in total. The number of hydrogen-bond acceptors (Lipinski definition) is 0. The summed E-state index contributed by atoms with van der Waals surface area (Å²) >= 11 is 0. The van der Waals surface area contributed by atoms with Gasteiger partial charge in [0.05, 0.1) is 6.42 Å². The Morgan fingerprint density at radius 3 is 2.80 bits per heavy atom. The topological polar surface area (TPSA) is 4.36 Å². The summed E-state index contributed by atoms with van der Waals surface area (Å²) in [6, 6.07) is 2.85. The molecule has 1 aliphatic heterocycles. The van der Waals surface area contributed by atoms with Crippen molar-refractivity contribution in [3.05, 3.63) is 4.85 Å². The van der Waals surface area contributed by atoms with Crippen molar-refractivity contribution in [1.29, 1.82) is 0 Å². The van der Waals surface area contributed by atoms with E-state index in [1.54, 1.807) is 0 Å². The SMILES string of the molecule is C1#[N+]CCC1. The van der Waals surface area contributed by atoms with Gasteiger partial charge in [0.1, 0.15) is 0 Å². The first-order chi connectivity index (χ1) is 2.50. The van der Waals surface area contributed by atoms with Crippen LogP contribution in [0.1, 0.15) is 12.8 Å². The lowest BCUT2D eigenvalue weighted by Crippen LogP contribution is -1.62. The number of rotatable bonds is 0. The molecule has 5 heavy (non-hydrogen) atoms. The van der Waals surface area contributed by atoms with Crippen LogP contribution in [0.4, 0.5) is 0 Å². The fraction of sp³-hybridized carbons (Fsp3) is 0.750. The zero-order chi connectivity index (χ0) is 3.54. The average molecular weight is 68.1 g/mol. The molecular weight excluding hydrogens is 62.1 g/mol. The van der Waals surface area contributed by atoms with Gasteiger partial charge < -0.3 is 0 Å². The van der Waals surface area contributed by atoms with Gasteiger partial charge in [-0.25, -0.2) is 0 Å². The molecule has 0 saturated carbocycles. The minimum Gasteiger partial charge on any atom is -0.0837 e. The Morgan fingerprint density at radius 2 is 2.60 bits per heavy atom. The van der Waals surface area contributed by atoms with E-state index in [1.807, 2.05) is 0 Å². The van der Waals surface area contributed by atoms with E-state index >= 15 is 0 Å². The summed E-state index contributed by atoms with van der Waals surface area (Å²) in [4.78, 5) is 3.83. The molecule has 0 aromatic heterocycles. The Hall–Kier alpha value is -0.510. The minimum atomic E-state index is 1.01. The van der Waals surface area contributed by atoms with Crippen LogP contribution in [0.25, 0.3) is 4.85 Å². The number of hydrogen-bond donors (Lipinski definition) is 0. The van der Waals surface area contributed by atoms with Gasteiger partial charge in [0.25, 0.3) is 12.6 Å². The van der Waals surface area contributed by atoms with Crippen molar-refractivity contribution in [3.8, 4) is 6.07 Å². The van der Waals surface area contributed by atoms with E-state index in [-0.39, 0.29) is 0 Å². The second-order valence-corrected chi connectivity index (χ2v) is 1.14. The molecule has 0 radical (unpaired) electrons. The first kappa shape index (κ1) is 2.71. The van der Waals surface area contributed by atoms with Crippen LogP contribution in [0, 0.1) is 6.07 Å². The standard InChI is InChI=1S/C4H6N/c1-2-4-5-3-1/h1-3H2/q+1. The zero-order valence-electron chi connectivity index (χ0n) is 3.07. The van der Waals surface area contributed by atoms with Crippen LogP contribution in [0.5, 0.6) is 0 Å². The zero-order valence-corrected chi connectivity index (χ0v) is 3.07. The van der Waals surface area contributed by atoms with Crippen LogP contribution in [-0.4, -0.2) is 6.54 Å². The van der Waals surface area contributed by atoms with Crippen molar-refractivity contribution in [1.82, 2.24) is 0 Å². The molecule has 0 bridgehead atoms. The maximum absolute atomic E-state index is 3.83. The molecule has 26 valence electrons. The minimum absolute atomic E-state index is 1.01. The van der Waals surface area contributed by atoms with Gasteiger partial charge in [-0.2, -0.15) is 0 Å². The lowest BCUT2D eigenvalue weighted by Gasteiger charge is -1.54. The highest BCUT2D eigenvalue weighted by atomic mass is 14.7. The molecule has 0 N–H and O–H groups in total. The van der Waals surface area contributed by atoms with Crippen molar-refractivity contribution in [2.75, 3.05) is 6.54 Å². The third kappa shape index (κ3) is 0.384. The average Bonchev–Trinajstić information content (AvgIpc) is 1.76. The van der Waals surface area contributed by atoms with Crippen LogP contribution in [0.15, 0.2) is 0 Å². The summed E-state index contributed by atoms with van der Waals surface area (Å²) in [5.74, 6) is 0. The van der Waals surface area contributed by atoms with Crippen molar-refractivity contribution in [2.45, 2.75) is 12.8 Å². The lowest BCUT2D eigenvalue weighted by atomic mass is 10.4. The van der Waals surface area contributed by atoms with Crippen molar-refractivity contribution in [3.63, 3.8) is 0 Å². The molecule has 1 heteroatoms. The molecule has 0 saturated heterocycles. The Morgan fingerprint density at radius 1 is 1.60 bits per heavy atom. The quantitative estimate of drug-likeness (QED) is 0.400. The molecule has 1 rings (SSSR count). The van der Waals surface area contributed by atoms with E-state index in [9.17, 15) is 0 Å². The van der Waals surface area contributed by atoms with Crippen LogP contribution in [0.2, 0.25) is 0 Å². The highest BCUT2D eigenvalue weighted by Gasteiger charge is 1.98. The van der Waals surface area contributed by atoms with Gasteiger partial charge in [0, 0.05) is 6.42 Å². The second-order valence-electron chi connectivity index (χ2n) is 1.14. The lowest BCUT2D eigenvalue weighted by molar-refractivity contribution is 0.988. The van der Waals surface area contributed by atoms with Crippen molar-refractivity contribution >= 4 is 0 Å². The largest absolute Gasteiger partial charge is 0.273 e. The second kappa shape index (κ2) is 1.07. The van der Waals surface area contributed by atoms with Crippen LogP contribution < -0.4 is 0 Å². The summed E-state index contributed by atoms with van der Waals surface area (Å²) in [6.45, 7) is 1.01. The molecule has 0 atom stereocenters. The van der Waals surface area contributed by atoms with Gasteiger partial charge in [-0.15, -0.1) is 0 Å². The molecular formula is C4H6N+. The maximum atomic E-state index is 3.83. The summed E-state index contributed by atoms with van der Waals surface area (Å²) in [5, 5.41) is 0. The van der Waals surface area contributed by atoms with E-state index in [1.165, 1.54) is 6.42 Å². The highest BCUT2D eigenvalue weighted by Crippen LogP contribution is 1.93. The Balaban J connectivity index is 2.42. The van der Waals surface area contributed by atoms with Gasteiger partial charge in [-0.3, -0.25) is 0 Å². The van der Waals surface area contributed by atoms with E-state index in [0.717, 1.165) is 13.0 Å². The summed E-state index contributed by atoms with van der Waals surface area (Å²) in [7, 11) is 0. The molecule has 0 amide bonds.